The molecule has 0 bridgehead atoms. The fourth-order valence-corrected chi connectivity index (χ4v) is 2.20. The molecule has 74 valence electrons. The molecule has 2 fully saturated rings. The van der Waals surface area contributed by atoms with Gasteiger partial charge in [0.25, 0.3) is 0 Å². The zero-order chi connectivity index (χ0) is 9.84. The van der Waals surface area contributed by atoms with Crippen molar-refractivity contribution in [3.05, 3.63) is 13.2 Å². The number of hydrogen-bond donors (Lipinski definition) is 0. The van der Waals surface area contributed by atoms with E-state index in [2.05, 4.69) is 20.1 Å². The highest BCUT2D eigenvalue weighted by Crippen LogP contribution is 2.37. The van der Waals surface area contributed by atoms with Crippen molar-refractivity contribution in [2.24, 2.45) is 11.8 Å². The highest BCUT2D eigenvalue weighted by molar-refractivity contribution is 5.72. The number of esters is 1. The molecule has 0 unspecified atom stereocenters. The lowest BCUT2D eigenvalue weighted by atomic mass is 9.81. The molecule has 1 aliphatic carbocycles. The molecule has 2 rings (SSSR count). The summed E-state index contributed by atoms with van der Waals surface area (Å²) in [5.41, 5.74) is 0. The van der Waals surface area contributed by atoms with Crippen LogP contribution in [0, 0.1) is 11.8 Å². The van der Waals surface area contributed by atoms with Gasteiger partial charge in [0.2, 0.25) is 0 Å². The molecule has 0 aromatic carbocycles. The largest absolute Gasteiger partial charge is 0.462 e. The first kappa shape index (κ1) is 10.3. The molecule has 0 aromatic heterocycles. The summed E-state index contributed by atoms with van der Waals surface area (Å²) in [4.78, 5) is 10.9. The van der Waals surface area contributed by atoms with Gasteiger partial charge < -0.3 is 4.74 Å². The molecule has 0 N–H and O–H groups in total. The van der Waals surface area contributed by atoms with Crippen molar-refractivity contribution in [1.82, 2.24) is 0 Å². The number of carbonyl (C=O) groups excluding carboxylic acids is 1. The zero-order valence-electron chi connectivity index (χ0n) is 8.29. The Labute approximate surface area is 80.0 Å². The Bertz CT molecular complexity index is 189. The maximum Gasteiger partial charge on any atom is 0.306 e. The predicted octanol–water partition coefficient (Wildman–Crippen LogP) is 2.54. The first-order valence-corrected chi connectivity index (χ1v) is 4.95. The van der Waals surface area contributed by atoms with Crippen LogP contribution in [0.15, 0.2) is 13.2 Å². The van der Waals surface area contributed by atoms with Crippen molar-refractivity contribution in [2.75, 3.05) is 0 Å². The summed E-state index contributed by atoms with van der Waals surface area (Å²) in [5, 5.41) is 0. The van der Waals surface area contributed by atoms with Crippen LogP contribution in [-0.2, 0) is 9.53 Å². The fraction of sp³-hybridized carbons (Fsp3) is 0.727. The fourth-order valence-electron chi connectivity index (χ4n) is 2.20. The third-order valence-electron chi connectivity index (χ3n) is 2.90. The van der Waals surface area contributed by atoms with E-state index in [1.165, 1.54) is 12.8 Å². The summed E-state index contributed by atoms with van der Waals surface area (Å²) in [7, 11) is 0. The van der Waals surface area contributed by atoms with E-state index >= 15 is 0 Å². The molecule has 1 saturated heterocycles. The highest BCUT2D eigenvalue weighted by Gasteiger charge is 2.38. The molecule has 2 nitrogen and oxygen atoms in total. The second kappa shape index (κ2) is 4.45. The molecule has 0 spiro atoms. The number of ether oxygens (including phenoxy) is 1. The van der Waals surface area contributed by atoms with Gasteiger partial charge in [-0.15, -0.1) is 13.2 Å². The van der Waals surface area contributed by atoms with E-state index in [0.29, 0.717) is 12.3 Å². The molecule has 1 saturated carbocycles. The summed E-state index contributed by atoms with van der Waals surface area (Å²) >= 11 is 0. The van der Waals surface area contributed by atoms with Crippen molar-refractivity contribution >= 4 is 5.97 Å². The zero-order valence-corrected chi connectivity index (χ0v) is 8.29. The van der Waals surface area contributed by atoms with Crippen LogP contribution in [0.2, 0.25) is 0 Å². The maximum atomic E-state index is 10.9. The van der Waals surface area contributed by atoms with Crippen molar-refractivity contribution in [2.45, 2.75) is 38.7 Å². The van der Waals surface area contributed by atoms with Gasteiger partial charge in [0.1, 0.15) is 6.10 Å². The van der Waals surface area contributed by atoms with Crippen molar-refractivity contribution in [3.63, 3.8) is 0 Å². The molecular formula is C11H18O2. The Morgan fingerprint density at radius 3 is 2.77 bits per heavy atom. The van der Waals surface area contributed by atoms with E-state index < -0.39 is 0 Å². The third kappa shape index (κ3) is 2.33. The SMILES string of the molecule is C=C.C[C@@H]1CC[C@H]2CC(=O)O[C@@H]2C1. The standard InChI is InChI=1S/C9H14O2.C2H4/c1-6-2-3-7-5-9(10)11-8(7)4-6;1-2/h6-8H,2-5H2,1H3;1-2H2/t6-,7+,8-;/m1./s1. The minimum Gasteiger partial charge on any atom is -0.462 e. The van der Waals surface area contributed by atoms with Gasteiger partial charge in [-0.05, 0) is 18.8 Å². The second-order valence-corrected chi connectivity index (χ2v) is 3.91. The summed E-state index contributed by atoms with van der Waals surface area (Å²) in [6.45, 7) is 8.24. The summed E-state index contributed by atoms with van der Waals surface area (Å²) < 4.78 is 5.20. The van der Waals surface area contributed by atoms with Gasteiger partial charge in [0.05, 0.1) is 6.42 Å². The lowest BCUT2D eigenvalue weighted by molar-refractivity contribution is -0.142. The van der Waals surface area contributed by atoms with Crippen LogP contribution in [0.25, 0.3) is 0 Å². The van der Waals surface area contributed by atoms with Gasteiger partial charge >= 0.3 is 5.97 Å². The minimum absolute atomic E-state index is 0.0223. The van der Waals surface area contributed by atoms with Gasteiger partial charge in [-0.3, -0.25) is 4.79 Å². The Kier molecular flexibility index (Phi) is 3.52. The molecule has 1 aliphatic heterocycles. The topological polar surface area (TPSA) is 26.3 Å². The van der Waals surface area contributed by atoms with E-state index in [4.69, 9.17) is 4.74 Å². The first-order chi connectivity index (χ1) is 6.25. The van der Waals surface area contributed by atoms with E-state index in [1.54, 1.807) is 0 Å². The molecule has 1 heterocycles. The summed E-state index contributed by atoms with van der Waals surface area (Å²) in [6.07, 6.45) is 4.51. The predicted molar refractivity (Wildman–Crippen MR) is 52.3 cm³/mol. The molecule has 3 atom stereocenters. The molecule has 0 radical (unpaired) electrons. The molecule has 2 aliphatic rings. The Balaban J connectivity index is 0.000000396. The van der Waals surface area contributed by atoms with E-state index in [0.717, 1.165) is 12.3 Å². The van der Waals surface area contributed by atoms with Crippen LogP contribution < -0.4 is 0 Å². The molecule has 0 aromatic rings. The highest BCUT2D eigenvalue weighted by atomic mass is 16.5. The second-order valence-electron chi connectivity index (χ2n) is 3.91. The van der Waals surface area contributed by atoms with E-state index in [1.807, 2.05) is 0 Å². The number of fused-ring (bicyclic) bond motifs is 1. The lowest BCUT2D eigenvalue weighted by Gasteiger charge is -2.27. The average Bonchev–Trinajstić information content (AvgIpc) is 2.48. The smallest absolute Gasteiger partial charge is 0.306 e. The van der Waals surface area contributed by atoms with Crippen LogP contribution in [0.1, 0.15) is 32.6 Å². The van der Waals surface area contributed by atoms with Crippen LogP contribution >= 0.6 is 0 Å². The third-order valence-corrected chi connectivity index (χ3v) is 2.90. The van der Waals surface area contributed by atoms with Gasteiger partial charge in [0, 0.05) is 5.92 Å². The molecule has 2 heteroatoms. The normalized spacial score (nSPS) is 37.0. The first-order valence-electron chi connectivity index (χ1n) is 4.95. The molecule has 13 heavy (non-hydrogen) atoms. The van der Waals surface area contributed by atoms with E-state index in [-0.39, 0.29) is 12.1 Å². The van der Waals surface area contributed by atoms with Crippen LogP contribution in [0.3, 0.4) is 0 Å². The summed E-state index contributed by atoms with van der Waals surface area (Å²) in [5.74, 6) is 1.33. The summed E-state index contributed by atoms with van der Waals surface area (Å²) in [6, 6.07) is 0. The van der Waals surface area contributed by atoms with Crippen LogP contribution in [0.4, 0.5) is 0 Å². The Hall–Kier alpha value is -0.790. The average molecular weight is 182 g/mol. The Morgan fingerprint density at radius 2 is 2.08 bits per heavy atom. The number of carbonyl (C=O) groups is 1. The van der Waals surface area contributed by atoms with Gasteiger partial charge in [-0.1, -0.05) is 13.3 Å². The van der Waals surface area contributed by atoms with Crippen LogP contribution in [0.5, 0.6) is 0 Å². The van der Waals surface area contributed by atoms with Gasteiger partial charge in [0.15, 0.2) is 0 Å². The monoisotopic (exact) mass is 182 g/mol. The van der Waals surface area contributed by atoms with Gasteiger partial charge in [-0.25, -0.2) is 0 Å². The number of rotatable bonds is 0. The van der Waals surface area contributed by atoms with Crippen molar-refractivity contribution in [1.29, 1.82) is 0 Å². The minimum atomic E-state index is 0.0223. The van der Waals surface area contributed by atoms with Crippen molar-refractivity contribution in [3.8, 4) is 0 Å². The lowest BCUT2D eigenvalue weighted by Crippen LogP contribution is -2.24. The Morgan fingerprint density at radius 1 is 1.38 bits per heavy atom. The van der Waals surface area contributed by atoms with Crippen LogP contribution in [-0.4, -0.2) is 12.1 Å². The maximum absolute atomic E-state index is 10.9. The quantitative estimate of drug-likeness (QED) is 0.425. The molecule has 0 amide bonds. The van der Waals surface area contributed by atoms with E-state index in [9.17, 15) is 4.79 Å². The number of hydrogen-bond acceptors (Lipinski definition) is 2. The van der Waals surface area contributed by atoms with Gasteiger partial charge in [-0.2, -0.15) is 0 Å². The molecular weight excluding hydrogens is 164 g/mol. The van der Waals surface area contributed by atoms with Crippen molar-refractivity contribution < 1.29 is 9.53 Å².